The van der Waals surface area contributed by atoms with Gasteiger partial charge in [-0.15, -0.1) is 0 Å². The minimum absolute atomic E-state index is 0.180. The minimum Gasteiger partial charge on any atom is -0.467 e. The largest absolute Gasteiger partial charge is 0.467 e. The molecular formula is C29H25ClN2O4. The van der Waals surface area contributed by atoms with Crippen molar-refractivity contribution in [3.8, 4) is 22.6 Å². The lowest BCUT2D eigenvalue weighted by molar-refractivity contribution is -0.142. The number of nitrogens with one attached hydrogen (secondary N) is 1. The number of methoxy groups -OCH3 is 1. The summed E-state index contributed by atoms with van der Waals surface area (Å²) in [7, 11) is 1.28. The maximum absolute atomic E-state index is 12.9. The van der Waals surface area contributed by atoms with Crippen molar-refractivity contribution in [2.45, 2.75) is 12.5 Å². The molecule has 0 aliphatic heterocycles. The number of nitrogen functional groups attached to an aromatic ring is 1. The zero-order valence-corrected chi connectivity index (χ0v) is 20.4. The van der Waals surface area contributed by atoms with Crippen LogP contribution in [0.5, 0.6) is 11.5 Å². The van der Waals surface area contributed by atoms with Crippen molar-refractivity contribution in [3.63, 3.8) is 0 Å². The highest BCUT2D eigenvalue weighted by Crippen LogP contribution is 2.34. The number of benzene rings is 4. The summed E-state index contributed by atoms with van der Waals surface area (Å²) in [6.45, 7) is 0. The molecule has 1 amide bonds. The highest BCUT2D eigenvalue weighted by molar-refractivity contribution is 6.31. The van der Waals surface area contributed by atoms with Crippen molar-refractivity contribution in [3.05, 3.63) is 113 Å². The third-order valence-corrected chi connectivity index (χ3v) is 5.83. The Labute approximate surface area is 214 Å². The number of hydrogen-bond acceptors (Lipinski definition) is 5. The smallest absolute Gasteiger partial charge is 0.328 e. The Balaban J connectivity index is 1.64. The Hall–Kier alpha value is -4.29. The number of rotatable bonds is 8. The van der Waals surface area contributed by atoms with E-state index < -0.39 is 17.9 Å². The lowest BCUT2D eigenvalue weighted by atomic mass is 9.99. The van der Waals surface area contributed by atoms with Gasteiger partial charge in [0, 0.05) is 22.7 Å². The molecule has 0 aliphatic carbocycles. The summed E-state index contributed by atoms with van der Waals surface area (Å²) in [5.41, 5.74) is 9.04. The maximum atomic E-state index is 12.9. The lowest BCUT2D eigenvalue weighted by Gasteiger charge is -2.19. The van der Waals surface area contributed by atoms with Crippen LogP contribution in [0.25, 0.3) is 11.1 Å². The molecule has 0 bridgehead atoms. The molecule has 0 heterocycles. The summed E-state index contributed by atoms with van der Waals surface area (Å²) in [4.78, 5) is 25.5. The number of hydrogen-bond donors (Lipinski definition) is 2. The molecule has 6 nitrogen and oxygen atoms in total. The summed E-state index contributed by atoms with van der Waals surface area (Å²) in [5.74, 6) is 0.202. The van der Waals surface area contributed by atoms with E-state index in [4.69, 9.17) is 26.8 Å². The average Bonchev–Trinajstić information content (AvgIpc) is 2.90. The monoisotopic (exact) mass is 500 g/mol. The van der Waals surface area contributed by atoms with Gasteiger partial charge in [0.2, 0.25) is 0 Å². The molecule has 36 heavy (non-hydrogen) atoms. The molecule has 4 aromatic carbocycles. The highest BCUT2D eigenvalue weighted by atomic mass is 35.5. The first-order valence-electron chi connectivity index (χ1n) is 11.3. The quantitative estimate of drug-likeness (QED) is 0.232. The molecule has 0 aromatic heterocycles. The number of carbonyl (C=O) groups excluding carboxylic acids is 2. The molecule has 0 saturated heterocycles. The molecule has 0 fully saturated rings. The number of anilines is 1. The Bertz CT molecular complexity index is 1360. The average molecular weight is 501 g/mol. The molecule has 3 N–H and O–H groups in total. The minimum atomic E-state index is -0.951. The SMILES string of the molecule is COC(=O)[C@H](Cc1ccc(-c2ccccc2)c(Oc2ccccc2)c1)NC(=O)c1cc(Cl)ccc1N. The number of carbonyl (C=O) groups is 2. The summed E-state index contributed by atoms with van der Waals surface area (Å²) in [6, 6.07) is 28.7. The topological polar surface area (TPSA) is 90.6 Å². The van der Waals surface area contributed by atoms with Gasteiger partial charge in [-0.3, -0.25) is 4.79 Å². The van der Waals surface area contributed by atoms with Gasteiger partial charge in [-0.1, -0.05) is 72.3 Å². The highest BCUT2D eigenvalue weighted by Gasteiger charge is 2.24. The van der Waals surface area contributed by atoms with Crippen LogP contribution in [0.4, 0.5) is 5.69 Å². The molecule has 0 spiro atoms. The van der Waals surface area contributed by atoms with Gasteiger partial charge in [0.05, 0.1) is 12.7 Å². The van der Waals surface area contributed by atoms with Gasteiger partial charge in [0.1, 0.15) is 17.5 Å². The first kappa shape index (κ1) is 24.8. The van der Waals surface area contributed by atoms with Gasteiger partial charge < -0.3 is 20.5 Å². The predicted molar refractivity (Wildman–Crippen MR) is 141 cm³/mol. The standard InChI is InChI=1S/C29H25ClN2O4/c1-35-29(34)26(32-28(33)24-18-21(30)13-15-25(24)31)16-19-12-14-23(20-8-4-2-5-9-20)27(17-19)36-22-10-6-3-7-11-22/h2-15,17-18,26H,16,31H2,1H3,(H,32,33)/t26-/m0/s1. The third kappa shape index (κ3) is 6.03. The van der Waals surface area contributed by atoms with Crippen LogP contribution in [0, 0.1) is 0 Å². The van der Waals surface area contributed by atoms with E-state index in [2.05, 4.69) is 5.32 Å². The van der Waals surface area contributed by atoms with Crippen LogP contribution in [-0.2, 0) is 16.0 Å². The van der Waals surface area contributed by atoms with Crippen LogP contribution in [0.15, 0.2) is 97.1 Å². The zero-order chi connectivity index (χ0) is 25.5. The van der Waals surface area contributed by atoms with E-state index in [1.54, 1.807) is 12.1 Å². The molecule has 1 atom stereocenters. The van der Waals surface area contributed by atoms with Gasteiger partial charge in [0.15, 0.2) is 0 Å². The zero-order valence-electron chi connectivity index (χ0n) is 19.6. The lowest BCUT2D eigenvalue weighted by Crippen LogP contribution is -2.43. The summed E-state index contributed by atoms with van der Waals surface area (Å²) < 4.78 is 11.2. The van der Waals surface area contributed by atoms with Crippen molar-refractivity contribution < 1.29 is 19.1 Å². The first-order valence-corrected chi connectivity index (χ1v) is 11.7. The van der Waals surface area contributed by atoms with Crippen LogP contribution in [0.3, 0.4) is 0 Å². The van der Waals surface area contributed by atoms with E-state index in [1.165, 1.54) is 13.2 Å². The van der Waals surface area contributed by atoms with Gasteiger partial charge in [-0.2, -0.15) is 0 Å². The Morgan fingerprint density at radius 3 is 2.31 bits per heavy atom. The summed E-state index contributed by atoms with van der Waals surface area (Å²) >= 11 is 6.03. The molecule has 182 valence electrons. The van der Waals surface area contributed by atoms with Crippen LogP contribution in [-0.4, -0.2) is 25.0 Å². The second-order valence-corrected chi connectivity index (χ2v) is 8.53. The van der Waals surface area contributed by atoms with E-state index in [0.717, 1.165) is 16.7 Å². The molecule has 7 heteroatoms. The second kappa shape index (κ2) is 11.4. The number of halogens is 1. The fourth-order valence-electron chi connectivity index (χ4n) is 3.78. The van der Waals surface area contributed by atoms with Gasteiger partial charge >= 0.3 is 5.97 Å². The molecule has 0 radical (unpaired) electrons. The first-order chi connectivity index (χ1) is 17.4. The number of para-hydroxylation sites is 1. The molecule has 0 saturated carbocycles. The fraction of sp³-hybridized carbons (Fsp3) is 0.103. The van der Waals surface area contributed by atoms with Crippen molar-refractivity contribution in [1.82, 2.24) is 5.32 Å². The van der Waals surface area contributed by atoms with Crippen LogP contribution < -0.4 is 15.8 Å². The third-order valence-electron chi connectivity index (χ3n) is 5.59. The second-order valence-electron chi connectivity index (χ2n) is 8.10. The molecular weight excluding hydrogens is 476 g/mol. The molecule has 4 aromatic rings. The normalized spacial score (nSPS) is 11.4. The number of ether oxygens (including phenoxy) is 2. The van der Waals surface area contributed by atoms with Crippen molar-refractivity contribution in [2.24, 2.45) is 0 Å². The van der Waals surface area contributed by atoms with Gasteiger partial charge in [-0.25, -0.2) is 4.79 Å². The van der Waals surface area contributed by atoms with Gasteiger partial charge in [-0.05, 0) is 47.5 Å². The van der Waals surface area contributed by atoms with E-state index in [1.807, 2.05) is 78.9 Å². The molecule has 4 rings (SSSR count). The van der Waals surface area contributed by atoms with E-state index in [9.17, 15) is 9.59 Å². The van der Waals surface area contributed by atoms with Crippen LogP contribution in [0.2, 0.25) is 5.02 Å². The van der Waals surface area contributed by atoms with E-state index >= 15 is 0 Å². The number of nitrogens with two attached hydrogens (primary N) is 1. The van der Waals surface area contributed by atoms with Gasteiger partial charge in [0.25, 0.3) is 5.91 Å². The van der Waals surface area contributed by atoms with Crippen LogP contribution in [0.1, 0.15) is 15.9 Å². The Kier molecular flexibility index (Phi) is 7.88. The van der Waals surface area contributed by atoms with Crippen LogP contribution >= 0.6 is 11.6 Å². The number of esters is 1. The van der Waals surface area contributed by atoms with E-state index in [0.29, 0.717) is 16.5 Å². The Morgan fingerprint density at radius 2 is 1.61 bits per heavy atom. The van der Waals surface area contributed by atoms with Crippen molar-refractivity contribution in [1.29, 1.82) is 0 Å². The van der Waals surface area contributed by atoms with Crippen molar-refractivity contribution in [2.75, 3.05) is 12.8 Å². The summed E-state index contributed by atoms with van der Waals surface area (Å²) in [6.07, 6.45) is 0.180. The molecule has 0 unspecified atom stereocenters. The fourth-order valence-corrected chi connectivity index (χ4v) is 3.95. The maximum Gasteiger partial charge on any atom is 0.328 e. The Morgan fingerprint density at radius 1 is 0.917 bits per heavy atom. The predicted octanol–water partition coefficient (Wildman–Crippen LogP) is 5.90. The molecule has 0 aliphatic rings. The number of amides is 1. The van der Waals surface area contributed by atoms with Crippen molar-refractivity contribution >= 4 is 29.2 Å². The summed E-state index contributed by atoms with van der Waals surface area (Å²) in [5, 5.41) is 3.09. The van der Waals surface area contributed by atoms with E-state index in [-0.39, 0.29) is 17.7 Å².